The zero-order valence-electron chi connectivity index (χ0n) is 13.7. The van der Waals surface area contributed by atoms with Crippen LogP contribution in [-0.4, -0.2) is 24.2 Å². The Bertz CT molecular complexity index is 1160. The number of nitrogens with zero attached hydrogens (tertiary/aromatic N) is 1. The molecule has 0 aliphatic rings. The fraction of sp³-hybridized carbons (Fsp3) is 0.0588. The van der Waals surface area contributed by atoms with Gasteiger partial charge in [-0.25, -0.2) is 18.4 Å². The third-order valence-corrected chi connectivity index (χ3v) is 5.42. The van der Waals surface area contributed by atoms with Crippen LogP contribution in [0, 0.1) is 0 Å². The van der Waals surface area contributed by atoms with Crippen LogP contribution in [0.1, 0.15) is 0 Å². The second-order valence-corrected chi connectivity index (χ2v) is 7.87. The highest BCUT2D eigenvalue weighted by atomic mass is 32.2. The first kappa shape index (κ1) is 18.2. The van der Waals surface area contributed by atoms with Gasteiger partial charge in [0.15, 0.2) is 0 Å². The molecule has 3 aromatic rings. The lowest BCUT2D eigenvalue weighted by atomic mass is 10.1. The summed E-state index contributed by atoms with van der Waals surface area (Å²) < 4.78 is 24.1. The van der Waals surface area contributed by atoms with E-state index in [1.807, 2.05) is 30.5 Å². The van der Waals surface area contributed by atoms with E-state index < -0.39 is 21.3 Å². The van der Waals surface area contributed by atoms with Crippen molar-refractivity contribution in [1.29, 1.82) is 0 Å². The van der Waals surface area contributed by atoms with Crippen LogP contribution >= 0.6 is 11.8 Å². The Morgan fingerprint density at radius 1 is 1.00 bits per heavy atom. The molecule has 0 amide bonds. The van der Waals surface area contributed by atoms with Crippen molar-refractivity contribution in [3.05, 3.63) is 75.4 Å². The number of sulfonamides is 1. The van der Waals surface area contributed by atoms with Crippen molar-refractivity contribution >= 4 is 21.8 Å². The number of aromatic nitrogens is 2. The molecule has 1 heterocycles. The Morgan fingerprint density at radius 2 is 1.62 bits per heavy atom. The normalized spacial score (nSPS) is 11.5. The van der Waals surface area contributed by atoms with Crippen molar-refractivity contribution in [3.63, 3.8) is 0 Å². The van der Waals surface area contributed by atoms with Crippen molar-refractivity contribution < 1.29 is 8.42 Å². The van der Waals surface area contributed by atoms with Crippen LogP contribution in [0.5, 0.6) is 0 Å². The Morgan fingerprint density at radius 3 is 2.15 bits per heavy atom. The summed E-state index contributed by atoms with van der Waals surface area (Å²) in [6, 6.07) is 14.3. The maximum Gasteiger partial charge on any atom is 0.333 e. The number of H-pyrrole nitrogens is 1. The maximum atomic E-state index is 12.4. The van der Waals surface area contributed by atoms with Gasteiger partial charge in [0.05, 0.1) is 16.3 Å². The predicted octanol–water partition coefficient (Wildman–Crippen LogP) is 1.56. The van der Waals surface area contributed by atoms with Crippen LogP contribution in [0.4, 0.5) is 0 Å². The molecule has 0 saturated heterocycles. The number of nitrogens with two attached hydrogens (primary N) is 1. The van der Waals surface area contributed by atoms with Gasteiger partial charge in [0.1, 0.15) is 0 Å². The van der Waals surface area contributed by atoms with Crippen LogP contribution < -0.4 is 16.4 Å². The third-order valence-electron chi connectivity index (χ3n) is 3.75. The van der Waals surface area contributed by atoms with E-state index >= 15 is 0 Å². The fourth-order valence-corrected chi connectivity index (χ4v) is 3.43. The molecule has 9 heteroatoms. The molecule has 0 aliphatic heterocycles. The van der Waals surface area contributed by atoms with Crippen molar-refractivity contribution in [2.24, 2.45) is 5.14 Å². The number of hydrogen-bond acceptors (Lipinski definition) is 5. The van der Waals surface area contributed by atoms with E-state index in [9.17, 15) is 18.0 Å². The van der Waals surface area contributed by atoms with Crippen LogP contribution in [0.15, 0.2) is 74.0 Å². The number of benzene rings is 2. The van der Waals surface area contributed by atoms with Gasteiger partial charge in [0.2, 0.25) is 10.0 Å². The molecule has 26 heavy (non-hydrogen) atoms. The summed E-state index contributed by atoms with van der Waals surface area (Å²) in [5.74, 6) is 0. The first-order chi connectivity index (χ1) is 12.3. The summed E-state index contributed by atoms with van der Waals surface area (Å²) in [5, 5.41) is 5.10. The molecule has 0 bridgehead atoms. The van der Waals surface area contributed by atoms with Gasteiger partial charge in [0.25, 0.3) is 5.56 Å². The standard InChI is InChI=1S/C17H15N3O4S2/c1-25-13-6-2-11(3-7-13)15-10-16(21)19-17(22)20(15)12-4-8-14(9-5-12)26(18,23)24/h2-10H,1H3,(H2,18,23,24)(H,19,21,22). The van der Waals surface area contributed by atoms with E-state index in [1.165, 1.54) is 34.9 Å². The molecule has 0 spiro atoms. The quantitative estimate of drug-likeness (QED) is 0.657. The van der Waals surface area contributed by atoms with Crippen LogP contribution in [0.25, 0.3) is 16.9 Å². The Hall–Kier alpha value is -2.62. The second kappa shape index (κ2) is 6.94. The molecule has 2 aromatic carbocycles. The Labute approximate surface area is 153 Å². The SMILES string of the molecule is CSc1ccc(-c2cc(=O)[nH]c(=O)n2-c2ccc(S(N)(=O)=O)cc2)cc1. The highest BCUT2D eigenvalue weighted by Gasteiger charge is 2.13. The lowest BCUT2D eigenvalue weighted by Gasteiger charge is -2.13. The molecule has 0 aliphatic carbocycles. The van der Waals surface area contributed by atoms with Gasteiger partial charge in [-0.2, -0.15) is 0 Å². The largest absolute Gasteiger partial charge is 0.333 e. The van der Waals surface area contributed by atoms with Crippen molar-refractivity contribution in [2.45, 2.75) is 9.79 Å². The van der Waals surface area contributed by atoms with E-state index in [0.717, 1.165) is 4.90 Å². The summed E-state index contributed by atoms with van der Waals surface area (Å²) in [5.41, 5.74) is 0.347. The number of nitrogens with one attached hydrogen (secondary N) is 1. The zero-order chi connectivity index (χ0) is 18.9. The summed E-state index contributed by atoms with van der Waals surface area (Å²) in [6.45, 7) is 0. The number of thioether (sulfide) groups is 1. The summed E-state index contributed by atoms with van der Waals surface area (Å²) >= 11 is 1.58. The van der Waals surface area contributed by atoms with Gasteiger partial charge in [-0.15, -0.1) is 11.8 Å². The molecule has 3 rings (SSSR count). The minimum Gasteiger partial charge on any atom is -0.274 e. The van der Waals surface area contributed by atoms with Gasteiger partial charge in [-0.3, -0.25) is 14.3 Å². The van der Waals surface area contributed by atoms with E-state index in [-0.39, 0.29) is 4.90 Å². The first-order valence-electron chi connectivity index (χ1n) is 7.43. The van der Waals surface area contributed by atoms with E-state index in [2.05, 4.69) is 4.98 Å². The van der Waals surface area contributed by atoms with Crippen molar-refractivity contribution in [1.82, 2.24) is 9.55 Å². The molecule has 3 N–H and O–H groups in total. The van der Waals surface area contributed by atoms with E-state index in [1.54, 1.807) is 11.8 Å². The average molecular weight is 389 g/mol. The molecule has 7 nitrogen and oxygen atoms in total. The van der Waals surface area contributed by atoms with E-state index in [4.69, 9.17) is 5.14 Å². The number of primary sulfonamides is 1. The molecule has 0 atom stereocenters. The minimum atomic E-state index is -3.84. The average Bonchev–Trinajstić information content (AvgIpc) is 2.60. The highest BCUT2D eigenvalue weighted by molar-refractivity contribution is 7.98. The monoisotopic (exact) mass is 389 g/mol. The zero-order valence-corrected chi connectivity index (χ0v) is 15.3. The van der Waals surface area contributed by atoms with E-state index in [0.29, 0.717) is 16.9 Å². The molecule has 1 aromatic heterocycles. The Kier molecular flexibility index (Phi) is 4.86. The lowest BCUT2D eigenvalue weighted by Crippen LogP contribution is -2.29. The van der Waals surface area contributed by atoms with Gasteiger partial charge >= 0.3 is 5.69 Å². The molecular formula is C17H15N3O4S2. The molecular weight excluding hydrogens is 374 g/mol. The van der Waals surface area contributed by atoms with Gasteiger partial charge in [0, 0.05) is 11.0 Å². The smallest absolute Gasteiger partial charge is 0.274 e. The molecule has 0 unspecified atom stereocenters. The fourth-order valence-electron chi connectivity index (χ4n) is 2.51. The van der Waals surface area contributed by atoms with Gasteiger partial charge < -0.3 is 0 Å². The molecule has 0 fully saturated rings. The van der Waals surface area contributed by atoms with Crippen molar-refractivity contribution in [3.8, 4) is 16.9 Å². The molecule has 134 valence electrons. The minimum absolute atomic E-state index is 0.0652. The van der Waals surface area contributed by atoms with Crippen LogP contribution in [0.3, 0.4) is 0 Å². The number of rotatable bonds is 4. The number of hydrogen-bond donors (Lipinski definition) is 2. The maximum absolute atomic E-state index is 12.4. The first-order valence-corrected chi connectivity index (χ1v) is 10.2. The summed E-state index contributed by atoms with van der Waals surface area (Å²) in [4.78, 5) is 27.4. The van der Waals surface area contributed by atoms with Crippen LogP contribution in [-0.2, 0) is 10.0 Å². The topological polar surface area (TPSA) is 115 Å². The second-order valence-electron chi connectivity index (χ2n) is 5.43. The molecule has 0 saturated carbocycles. The highest BCUT2D eigenvalue weighted by Crippen LogP contribution is 2.23. The molecule has 0 radical (unpaired) electrons. The summed E-state index contributed by atoms with van der Waals surface area (Å²) in [7, 11) is -3.84. The third kappa shape index (κ3) is 3.64. The number of aromatic amines is 1. The van der Waals surface area contributed by atoms with Gasteiger partial charge in [-0.1, -0.05) is 12.1 Å². The Balaban J connectivity index is 2.21. The van der Waals surface area contributed by atoms with Gasteiger partial charge in [-0.05, 0) is 48.2 Å². The van der Waals surface area contributed by atoms with Crippen LogP contribution in [0.2, 0.25) is 0 Å². The summed E-state index contributed by atoms with van der Waals surface area (Å²) in [6.07, 6.45) is 1.95. The lowest BCUT2D eigenvalue weighted by molar-refractivity contribution is 0.598. The van der Waals surface area contributed by atoms with Crippen molar-refractivity contribution in [2.75, 3.05) is 6.26 Å². The predicted molar refractivity (Wildman–Crippen MR) is 101 cm³/mol.